The number of amides is 1. The minimum Gasteiger partial charge on any atom is -0.306 e. The van der Waals surface area contributed by atoms with Gasteiger partial charge in [0.05, 0.1) is 22.2 Å². The van der Waals surface area contributed by atoms with Crippen LogP contribution in [-0.2, 0) is 4.79 Å². The van der Waals surface area contributed by atoms with Gasteiger partial charge in [-0.15, -0.1) is 0 Å². The number of carbonyl (C=O) groups excluding carboxylic acids is 1. The smallest absolute Gasteiger partial charge is 0.236 e. The molecule has 3 heterocycles. The Labute approximate surface area is 186 Å². The molecule has 3 aromatic rings. The largest absolute Gasteiger partial charge is 0.306 e. The number of piperidine rings is 1. The second kappa shape index (κ2) is 7.74. The number of halogens is 2. The molecular formula is C25H23ClFN3O. The van der Waals surface area contributed by atoms with E-state index in [-0.39, 0.29) is 17.0 Å². The number of pyridine rings is 1. The Balaban J connectivity index is 1.54. The minimum atomic E-state index is -0.491. The van der Waals surface area contributed by atoms with Gasteiger partial charge in [0.2, 0.25) is 5.91 Å². The van der Waals surface area contributed by atoms with Crippen LogP contribution in [0, 0.1) is 11.2 Å². The van der Waals surface area contributed by atoms with Crippen molar-refractivity contribution in [2.24, 2.45) is 5.41 Å². The van der Waals surface area contributed by atoms with Crippen LogP contribution in [0.15, 0.2) is 66.9 Å². The van der Waals surface area contributed by atoms with Crippen LogP contribution in [-0.4, -0.2) is 35.9 Å². The Morgan fingerprint density at radius 3 is 2.42 bits per heavy atom. The van der Waals surface area contributed by atoms with Gasteiger partial charge in [-0.05, 0) is 62.8 Å². The molecule has 0 aliphatic carbocycles. The van der Waals surface area contributed by atoms with Crippen molar-refractivity contribution in [2.75, 3.05) is 25.0 Å². The van der Waals surface area contributed by atoms with Crippen molar-refractivity contribution < 1.29 is 9.18 Å². The molecule has 0 N–H and O–H groups in total. The van der Waals surface area contributed by atoms with Crippen LogP contribution < -0.4 is 4.90 Å². The first-order valence-corrected chi connectivity index (χ1v) is 10.9. The van der Waals surface area contributed by atoms with Crippen molar-refractivity contribution in [1.82, 2.24) is 9.88 Å². The first-order valence-electron chi connectivity index (χ1n) is 10.5. The lowest BCUT2D eigenvalue weighted by Gasteiger charge is -2.58. The highest BCUT2D eigenvalue weighted by Crippen LogP contribution is 2.57. The van der Waals surface area contributed by atoms with Crippen molar-refractivity contribution >= 4 is 23.2 Å². The molecule has 6 heteroatoms. The van der Waals surface area contributed by atoms with E-state index in [0.29, 0.717) is 5.69 Å². The van der Waals surface area contributed by atoms with Crippen LogP contribution in [0.1, 0.15) is 24.6 Å². The van der Waals surface area contributed by atoms with E-state index >= 15 is 0 Å². The first-order chi connectivity index (χ1) is 15.0. The van der Waals surface area contributed by atoms with Gasteiger partial charge in [0.15, 0.2) is 0 Å². The molecule has 2 aliphatic heterocycles. The summed E-state index contributed by atoms with van der Waals surface area (Å²) in [4.78, 5) is 22.2. The van der Waals surface area contributed by atoms with Gasteiger partial charge in [0, 0.05) is 17.4 Å². The second-order valence-corrected chi connectivity index (χ2v) is 8.88. The lowest BCUT2D eigenvalue weighted by Crippen LogP contribution is -2.66. The fourth-order valence-electron chi connectivity index (χ4n) is 4.84. The summed E-state index contributed by atoms with van der Waals surface area (Å²) in [7, 11) is 2.08. The van der Waals surface area contributed by atoms with Crippen LogP contribution in [0.3, 0.4) is 0 Å². The van der Waals surface area contributed by atoms with E-state index in [9.17, 15) is 9.18 Å². The molecule has 31 heavy (non-hydrogen) atoms. The number of rotatable bonds is 3. The van der Waals surface area contributed by atoms with Crippen molar-refractivity contribution in [3.8, 4) is 11.1 Å². The lowest BCUT2D eigenvalue weighted by atomic mass is 9.63. The summed E-state index contributed by atoms with van der Waals surface area (Å²) in [5.74, 6) is -0.420. The third-order valence-corrected chi connectivity index (χ3v) is 6.95. The molecule has 158 valence electrons. The van der Waals surface area contributed by atoms with Crippen molar-refractivity contribution in [3.63, 3.8) is 0 Å². The van der Waals surface area contributed by atoms with Crippen molar-refractivity contribution in [3.05, 3.63) is 83.4 Å². The number of hydrogen-bond acceptors (Lipinski definition) is 3. The summed E-state index contributed by atoms with van der Waals surface area (Å²) in [6.45, 7) is 1.73. The lowest BCUT2D eigenvalue weighted by molar-refractivity contribution is -0.144. The molecule has 1 spiro atoms. The molecule has 1 aromatic heterocycles. The number of β-lactam (4-membered cyclic amide) rings is 1. The SMILES string of the molecule is CN1CCC2(CC1)C(=O)N(c1ccc(F)c(Cl)c1)C2c1ccc(-c2ccccc2)cn1. The zero-order valence-corrected chi connectivity index (χ0v) is 18.0. The van der Waals surface area contributed by atoms with Crippen LogP contribution in [0.5, 0.6) is 0 Å². The van der Waals surface area contributed by atoms with E-state index in [2.05, 4.69) is 30.1 Å². The second-order valence-electron chi connectivity index (χ2n) is 8.47. The van der Waals surface area contributed by atoms with Gasteiger partial charge in [-0.2, -0.15) is 0 Å². The zero-order chi connectivity index (χ0) is 21.6. The highest BCUT2D eigenvalue weighted by Gasteiger charge is 2.62. The maximum atomic E-state index is 13.7. The Hall–Kier alpha value is -2.76. The summed E-state index contributed by atoms with van der Waals surface area (Å²) in [6.07, 6.45) is 3.42. The fraction of sp³-hybridized carbons (Fsp3) is 0.280. The molecule has 2 aromatic carbocycles. The summed E-state index contributed by atoms with van der Waals surface area (Å²) in [5, 5.41) is 0.0146. The van der Waals surface area contributed by atoms with E-state index < -0.39 is 11.2 Å². The third kappa shape index (κ3) is 3.33. The van der Waals surface area contributed by atoms with Gasteiger partial charge in [-0.3, -0.25) is 9.78 Å². The summed E-state index contributed by atoms with van der Waals surface area (Å²) in [6, 6.07) is 18.4. The highest BCUT2D eigenvalue weighted by molar-refractivity contribution is 6.31. The standard InChI is InChI=1S/C25H23ClFN3O/c1-29-13-11-25(12-14-29)23(30(24(25)31)19-8-9-21(27)20(26)15-19)22-10-7-18(16-28-22)17-5-3-2-4-6-17/h2-10,15-16,23H,11-14H2,1H3. The Kier molecular flexibility index (Phi) is 5.03. The van der Waals surface area contributed by atoms with E-state index in [4.69, 9.17) is 16.6 Å². The molecule has 1 atom stereocenters. The van der Waals surface area contributed by atoms with Gasteiger partial charge in [-0.25, -0.2) is 4.39 Å². The van der Waals surface area contributed by atoms with Gasteiger partial charge in [-0.1, -0.05) is 48.0 Å². The number of aromatic nitrogens is 1. The fourth-order valence-corrected chi connectivity index (χ4v) is 5.02. The monoisotopic (exact) mass is 435 g/mol. The predicted molar refractivity (Wildman–Crippen MR) is 120 cm³/mol. The molecule has 5 rings (SSSR count). The number of benzene rings is 2. The van der Waals surface area contributed by atoms with Crippen molar-refractivity contribution in [1.29, 1.82) is 0 Å². The van der Waals surface area contributed by atoms with Crippen LogP contribution in [0.2, 0.25) is 5.02 Å². The molecular weight excluding hydrogens is 413 g/mol. The van der Waals surface area contributed by atoms with E-state index in [1.54, 1.807) is 11.0 Å². The number of carbonyl (C=O) groups is 1. The molecule has 4 nitrogen and oxygen atoms in total. The van der Waals surface area contributed by atoms with Crippen molar-refractivity contribution in [2.45, 2.75) is 18.9 Å². The van der Waals surface area contributed by atoms with Gasteiger partial charge >= 0.3 is 0 Å². The van der Waals surface area contributed by atoms with Gasteiger partial charge < -0.3 is 9.80 Å². The number of anilines is 1. The van der Waals surface area contributed by atoms with Crippen LogP contribution >= 0.6 is 11.6 Å². The summed E-state index contributed by atoms with van der Waals surface area (Å²) in [5.41, 5.74) is 3.12. The molecule has 0 radical (unpaired) electrons. The maximum absolute atomic E-state index is 13.7. The summed E-state index contributed by atoms with van der Waals surface area (Å²) < 4.78 is 13.7. The summed E-state index contributed by atoms with van der Waals surface area (Å²) >= 11 is 6.03. The van der Waals surface area contributed by atoms with Crippen LogP contribution in [0.4, 0.5) is 10.1 Å². The molecule has 1 unspecified atom stereocenters. The molecule has 0 bridgehead atoms. The molecule has 2 saturated heterocycles. The number of nitrogens with zero attached hydrogens (tertiary/aromatic N) is 3. The van der Waals surface area contributed by atoms with Gasteiger partial charge in [0.1, 0.15) is 5.82 Å². The van der Waals surface area contributed by atoms with Crippen LogP contribution in [0.25, 0.3) is 11.1 Å². The van der Waals surface area contributed by atoms with E-state index in [1.807, 2.05) is 30.5 Å². The Bertz CT molecular complexity index is 1110. The first kappa shape index (κ1) is 20.2. The average Bonchev–Trinajstić information content (AvgIpc) is 2.80. The quantitative estimate of drug-likeness (QED) is 0.521. The maximum Gasteiger partial charge on any atom is 0.236 e. The molecule has 2 fully saturated rings. The third-order valence-electron chi connectivity index (χ3n) is 6.66. The zero-order valence-electron chi connectivity index (χ0n) is 17.3. The van der Waals surface area contributed by atoms with E-state index in [1.165, 1.54) is 12.1 Å². The Morgan fingerprint density at radius 2 is 1.77 bits per heavy atom. The number of hydrogen-bond donors (Lipinski definition) is 0. The topological polar surface area (TPSA) is 36.4 Å². The molecule has 0 saturated carbocycles. The predicted octanol–water partition coefficient (Wildman–Crippen LogP) is 5.34. The minimum absolute atomic E-state index is 0.0146. The molecule has 2 aliphatic rings. The molecule has 1 amide bonds. The normalized spacial score (nSPS) is 20.7. The van der Waals surface area contributed by atoms with Gasteiger partial charge in [0.25, 0.3) is 0 Å². The number of likely N-dealkylation sites (tertiary alicyclic amines) is 1. The Morgan fingerprint density at radius 1 is 1.03 bits per heavy atom. The average molecular weight is 436 g/mol. The van der Waals surface area contributed by atoms with E-state index in [0.717, 1.165) is 42.8 Å². The highest BCUT2D eigenvalue weighted by atomic mass is 35.5.